The standard InChI is InChI=1S/C18H26FN5O3/c1-23-10-18(11-24(12-18)17-21-7-14(19)8-22-17)27-9-15(23)16(25)20-6-13-2-4-26-5-3-13/h7-8,13,15H,2-6,9-12H2,1H3,(H,20,25). The summed E-state index contributed by atoms with van der Waals surface area (Å²) in [4.78, 5) is 24.6. The van der Waals surface area contributed by atoms with Crippen molar-refractivity contribution >= 4 is 11.9 Å². The van der Waals surface area contributed by atoms with E-state index in [1.165, 1.54) is 12.4 Å². The highest BCUT2D eigenvalue weighted by Gasteiger charge is 2.50. The van der Waals surface area contributed by atoms with Gasteiger partial charge in [0.05, 0.1) is 32.1 Å². The molecule has 1 amide bonds. The summed E-state index contributed by atoms with van der Waals surface area (Å²) in [6.07, 6.45) is 4.34. The Morgan fingerprint density at radius 2 is 2.00 bits per heavy atom. The summed E-state index contributed by atoms with van der Waals surface area (Å²) in [6.45, 7) is 4.58. The number of morpholine rings is 1. The molecule has 0 saturated carbocycles. The van der Waals surface area contributed by atoms with Crippen LogP contribution < -0.4 is 10.2 Å². The third-order valence-corrected chi connectivity index (χ3v) is 5.67. The smallest absolute Gasteiger partial charge is 0.239 e. The summed E-state index contributed by atoms with van der Waals surface area (Å²) in [7, 11) is 1.96. The highest BCUT2D eigenvalue weighted by atomic mass is 19.1. The third-order valence-electron chi connectivity index (χ3n) is 5.67. The fourth-order valence-corrected chi connectivity index (χ4v) is 4.03. The van der Waals surface area contributed by atoms with Gasteiger partial charge in [0.1, 0.15) is 11.6 Å². The van der Waals surface area contributed by atoms with Gasteiger partial charge in [0.25, 0.3) is 0 Å². The average Bonchev–Trinajstić information content (AvgIpc) is 2.65. The molecule has 0 aromatic carbocycles. The monoisotopic (exact) mass is 379 g/mol. The van der Waals surface area contributed by atoms with Crippen LogP contribution in [0, 0.1) is 11.7 Å². The predicted octanol–water partition coefficient (Wildman–Crippen LogP) is 0.0479. The molecule has 3 aliphatic rings. The molecule has 0 radical (unpaired) electrons. The van der Waals surface area contributed by atoms with Crippen molar-refractivity contribution in [2.75, 3.05) is 57.9 Å². The van der Waals surface area contributed by atoms with Crippen LogP contribution in [-0.4, -0.2) is 85.5 Å². The molecule has 8 nitrogen and oxygen atoms in total. The summed E-state index contributed by atoms with van der Waals surface area (Å²) in [5.74, 6) is 0.582. The molecule has 3 saturated heterocycles. The predicted molar refractivity (Wildman–Crippen MR) is 95.9 cm³/mol. The van der Waals surface area contributed by atoms with Crippen molar-refractivity contribution in [1.82, 2.24) is 20.2 Å². The van der Waals surface area contributed by atoms with Gasteiger partial charge in [-0.15, -0.1) is 0 Å². The molecule has 1 aromatic heterocycles. The number of ether oxygens (including phenoxy) is 2. The zero-order chi connectivity index (χ0) is 18.9. The highest BCUT2D eigenvalue weighted by Crippen LogP contribution is 2.32. The van der Waals surface area contributed by atoms with Crippen LogP contribution in [0.1, 0.15) is 12.8 Å². The molecule has 3 aliphatic heterocycles. The van der Waals surface area contributed by atoms with E-state index in [-0.39, 0.29) is 17.6 Å². The summed E-state index contributed by atoms with van der Waals surface area (Å²) < 4.78 is 24.4. The number of nitrogens with zero attached hydrogens (tertiary/aromatic N) is 4. The van der Waals surface area contributed by atoms with Gasteiger partial charge in [0.15, 0.2) is 5.82 Å². The lowest BCUT2D eigenvalue weighted by Crippen LogP contribution is -2.72. The van der Waals surface area contributed by atoms with Crippen LogP contribution in [0.25, 0.3) is 0 Å². The third kappa shape index (κ3) is 4.04. The van der Waals surface area contributed by atoms with Crippen LogP contribution in [0.15, 0.2) is 12.4 Å². The SMILES string of the molecule is CN1CC2(CN(c3ncc(F)cn3)C2)OCC1C(=O)NCC1CCOCC1. The fourth-order valence-electron chi connectivity index (χ4n) is 4.03. The Labute approximate surface area is 158 Å². The van der Waals surface area contributed by atoms with Gasteiger partial charge in [-0.3, -0.25) is 9.69 Å². The Morgan fingerprint density at radius 3 is 2.67 bits per heavy atom. The Balaban J connectivity index is 1.25. The van der Waals surface area contributed by atoms with Gasteiger partial charge in [0.2, 0.25) is 11.9 Å². The van der Waals surface area contributed by atoms with E-state index >= 15 is 0 Å². The Hall–Kier alpha value is -1.84. The van der Waals surface area contributed by atoms with Gasteiger partial charge < -0.3 is 19.7 Å². The van der Waals surface area contributed by atoms with E-state index in [9.17, 15) is 9.18 Å². The molecule has 4 heterocycles. The number of hydrogen-bond acceptors (Lipinski definition) is 7. The molecule has 27 heavy (non-hydrogen) atoms. The van der Waals surface area contributed by atoms with Gasteiger partial charge in [-0.1, -0.05) is 0 Å². The van der Waals surface area contributed by atoms with Gasteiger partial charge in [-0.2, -0.15) is 0 Å². The molecule has 0 bridgehead atoms. The normalized spacial score (nSPS) is 26.0. The Kier molecular flexibility index (Phi) is 5.25. The van der Waals surface area contributed by atoms with E-state index in [1.807, 2.05) is 11.9 Å². The summed E-state index contributed by atoms with van der Waals surface area (Å²) in [5, 5.41) is 3.07. The maximum atomic E-state index is 13.0. The number of amides is 1. The number of carbonyl (C=O) groups excluding carboxylic acids is 1. The van der Waals surface area contributed by atoms with Crippen LogP contribution in [0.3, 0.4) is 0 Å². The number of halogens is 1. The van der Waals surface area contributed by atoms with E-state index in [0.717, 1.165) is 26.1 Å². The second-order valence-corrected chi connectivity index (χ2v) is 7.78. The molecule has 148 valence electrons. The number of anilines is 1. The molecule has 1 aromatic rings. The van der Waals surface area contributed by atoms with E-state index in [2.05, 4.69) is 20.2 Å². The van der Waals surface area contributed by atoms with Gasteiger partial charge in [-0.05, 0) is 25.8 Å². The van der Waals surface area contributed by atoms with Gasteiger partial charge in [-0.25, -0.2) is 14.4 Å². The summed E-state index contributed by atoms with van der Waals surface area (Å²) in [6, 6.07) is -0.272. The van der Waals surface area contributed by atoms with Crippen molar-refractivity contribution in [2.24, 2.45) is 5.92 Å². The van der Waals surface area contributed by atoms with E-state index < -0.39 is 5.82 Å². The van der Waals surface area contributed by atoms with Crippen LogP contribution in [0.4, 0.5) is 10.3 Å². The quantitative estimate of drug-likeness (QED) is 0.792. The van der Waals surface area contributed by atoms with Crippen molar-refractivity contribution in [2.45, 2.75) is 24.5 Å². The first-order valence-electron chi connectivity index (χ1n) is 9.47. The lowest BCUT2D eigenvalue weighted by Gasteiger charge is -2.54. The van der Waals surface area contributed by atoms with E-state index in [0.29, 0.717) is 44.7 Å². The van der Waals surface area contributed by atoms with Crippen LogP contribution in [0.2, 0.25) is 0 Å². The summed E-state index contributed by atoms with van der Waals surface area (Å²) in [5.41, 5.74) is -0.315. The molecule has 1 atom stereocenters. The van der Waals surface area contributed by atoms with Crippen LogP contribution in [0.5, 0.6) is 0 Å². The first kappa shape index (κ1) is 18.5. The number of likely N-dealkylation sites (N-methyl/N-ethyl adjacent to an activating group) is 1. The number of carbonyl (C=O) groups is 1. The zero-order valence-corrected chi connectivity index (χ0v) is 15.6. The minimum Gasteiger partial charge on any atom is -0.381 e. The molecular weight excluding hydrogens is 353 g/mol. The number of hydrogen-bond donors (Lipinski definition) is 1. The molecule has 0 aliphatic carbocycles. The topological polar surface area (TPSA) is 79.8 Å². The van der Waals surface area contributed by atoms with E-state index in [4.69, 9.17) is 9.47 Å². The average molecular weight is 379 g/mol. The molecular formula is C18H26FN5O3. The van der Waals surface area contributed by atoms with Crippen molar-refractivity contribution in [3.63, 3.8) is 0 Å². The largest absolute Gasteiger partial charge is 0.381 e. The summed E-state index contributed by atoms with van der Waals surface area (Å²) >= 11 is 0. The first-order valence-corrected chi connectivity index (χ1v) is 9.47. The van der Waals surface area contributed by atoms with Crippen molar-refractivity contribution in [3.05, 3.63) is 18.2 Å². The number of nitrogens with one attached hydrogen (secondary N) is 1. The second-order valence-electron chi connectivity index (χ2n) is 7.78. The van der Waals surface area contributed by atoms with Crippen LogP contribution >= 0.6 is 0 Å². The minimum atomic E-state index is -0.447. The van der Waals surface area contributed by atoms with Crippen molar-refractivity contribution < 1.29 is 18.7 Å². The number of rotatable bonds is 4. The fraction of sp³-hybridized carbons (Fsp3) is 0.722. The zero-order valence-electron chi connectivity index (χ0n) is 15.6. The second kappa shape index (κ2) is 7.65. The highest BCUT2D eigenvalue weighted by molar-refractivity contribution is 5.82. The number of aromatic nitrogens is 2. The molecule has 4 rings (SSSR count). The van der Waals surface area contributed by atoms with Crippen LogP contribution in [-0.2, 0) is 14.3 Å². The Bertz CT molecular complexity index is 661. The molecule has 1 spiro atoms. The molecule has 3 fully saturated rings. The molecule has 1 N–H and O–H groups in total. The van der Waals surface area contributed by atoms with Gasteiger partial charge in [0, 0.05) is 26.3 Å². The van der Waals surface area contributed by atoms with E-state index in [1.54, 1.807) is 0 Å². The maximum Gasteiger partial charge on any atom is 0.239 e. The lowest BCUT2D eigenvalue weighted by molar-refractivity contribution is -0.157. The Morgan fingerprint density at radius 1 is 1.30 bits per heavy atom. The lowest BCUT2D eigenvalue weighted by atomic mass is 9.91. The van der Waals surface area contributed by atoms with Crippen molar-refractivity contribution in [3.8, 4) is 0 Å². The minimum absolute atomic E-state index is 0.0249. The first-order chi connectivity index (χ1) is 13.0. The van der Waals surface area contributed by atoms with Crippen molar-refractivity contribution in [1.29, 1.82) is 0 Å². The van der Waals surface area contributed by atoms with Gasteiger partial charge >= 0.3 is 0 Å². The maximum absolute atomic E-state index is 13.0. The molecule has 9 heteroatoms. The molecule has 1 unspecified atom stereocenters.